The van der Waals surface area contributed by atoms with Crippen molar-refractivity contribution in [2.45, 2.75) is 43.7 Å². The molecule has 2 heterocycles. The van der Waals surface area contributed by atoms with Crippen LogP contribution in [0.1, 0.15) is 35.5 Å². The standard InChI is InChI=1S/C13H19NO5S2/c1-8-7-20-10(12(15)18-4)11(8)21(16,17)14-13(3)5-6-19-9(13)2/h7,9,14H,5-6H2,1-4H3. The number of rotatable bonds is 4. The normalized spacial score (nSPS) is 26.0. The summed E-state index contributed by atoms with van der Waals surface area (Å²) in [6.07, 6.45) is 0.359. The van der Waals surface area contributed by atoms with Gasteiger partial charge >= 0.3 is 5.97 Å². The first-order chi connectivity index (χ1) is 9.71. The Morgan fingerprint density at radius 3 is 2.76 bits per heavy atom. The van der Waals surface area contributed by atoms with E-state index in [2.05, 4.69) is 9.46 Å². The SMILES string of the molecule is COC(=O)c1scc(C)c1S(=O)(=O)NC1(C)CCOC1C. The molecule has 0 radical (unpaired) electrons. The maximum atomic E-state index is 12.7. The first kappa shape index (κ1) is 16.4. The van der Waals surface area contributed by atoms with Crippen molar-refractivity contribution in [1.82, 2.24) is 4.72 Å². The molecule has 0 aliphatic carbocycles. The second kappa shape index (κ2) is 5.68. The molecule has 0 amide bonds. The summed E-state index contributed by atoms with van der Waals surface area (Å²) in [6.45, 7) is 5.81. The van der Waals surface area contributed by atoms with Gasteiger partial charge in [0.2, 0.25) is 10.0 Å². The molecule has 1 N–H and O–H groups in total. The number of thiophene rings is 1. The summed E-state index contributed by atoms with van der Waals surface area (Å²) in [7, 11) is -2.60. The summed E-state index contributed by atoms with van der Waals surface area (Å²) >= 11 is 1.07. The zero-order valence-corrected chi connectivity index (χ0v) is 14.1. The van der Waals surface area contributed by atoms with Gasteiger partial charge in [-0.15, -0.1) is 11.3 Å². The highest BCUT2D eigenvalue weighted by atomic mass is 32.2. The number of hydrogen-bond donors (Lipinski definition) is 1. The van der Waals surface area contributed by atoms with Crippen molar-refractivity contribution in [2.75, 3.05) is 13.7 Å². The Morgan fingerprint density at radius 2 is 2.24 bits per heavy atom. The molecule has 1 saturated heterocycles. The lowest BCUT2D eigenvalue weighted by molar-refractivity contribution is 0.0602. The molecule has 1 aliphatic heterocycles. The summed E-state index contributed by atoms with van der Waals surface area (Å²) in [6, 6.07) is 0. The third-order valence-electron chi connectivity index (χ3n) is 3.81. The Morgan fingerprint density at radius 1 is 1.57 bits per heavy atom. The fourth-order valence-corrected chi connectivity index (χ4v) is 5.53. The van der Waals surface area contributed by atoms with Gasteiger partial charge in [0.15, 0.2) is 0 Å². The van der Waals surface area contributed by atoms with Crippen LogP contribution in [0.4, 0.5) is 0 Å². The van der Waals surface area contributed by atoms with Gasteiger partial charge in [0, 0.05) is 6.61 Å². The summed E-state index contributed by atoms with van der Waals surface area (Å²) in [5, 5.41) is 1.64. The van der Waals surface area contributed by atoms with E-state index < -0.39 is 21.5 Å². The zero-order chi connectivity index (χ0) is 15.8. The highest BCUT2D eigenvalue weighted by molar-refractivity contribution is 7.89. The third kappa shape index (κ3) is 2.98. The van der Waals surface area contributed by atoms with Gasteiger partial charge in [-0.1, -0.05) is 0 Å². The molecule has 0 spiro atoms. The number of hydrogen-bond acceptors (Lipinski definition) is 6. The summed E-state index contributed by atoms with van der Waals surface area (Å²) in [4.78, 5) is 11.8. The number of sulfonamides is 1. The predicted molar refractivity (Wildman–Crippen MR) is 79.2 cm³/mol. The molecule has 1 aliphatic rings. The van der Waals surface area contributed by atoms with Crippen molar-refractivity contribution in [2.24, 2.45) is 0 Å². The first-order valence-corrected chi connectivity index (χ1v) is 8.89. The van der Waals surface area contributed by atoms with E-state index in [0.717, 1.165) is 11.3 Å². The van der Waals surface area contributed by atoms with Gasteiger partial charge < -0.3 is 9.47 Å². The molecule has 6 nitrogen and oxygen atoms in total. The zero-order valence-electron chi connectivity index (χ0n) is 12.4. The average molecular weight is 333 g/mol. The fourth-order valence-electron chi connectivity index (χ4n) is 2.33. The largest absolute Gasteiger partial charge is 0.465 e. The van der Waals surface area contributed by atoms with Crippen molar-refractivity contribution < 1.29 is 22.7 Å². The highest BCUT2D eigenvalue weighted by Gasteiger charge is 2.42. The molecule has 1 fully saturated rings. The van der Waals surface area contributed by atoms with Crippen molar-refractivity contribution in [3.05, 3.63) is 15.8 Å². The van der Waals surface area contributed by atoms with E-state index in [-0.39, 0.29) is 15.9 Å². The highest BCUT2D eigenvalue weighted by Crippen LogP contribution is 2.31. The van der Waals surface area contributed by atoms with Crippen molar-refractivity contribution in [3.8, 4) is 0 Å². The number of methoxy groups -OCH3 is 1. The molecule has 2 rings (SSSR count). The van der Waals surface area contributed by atoms with E-state index in [9.17, 15) is 13.2 Å². The molecule has 0 bridgehead atoms. The van der Waals surface area contributed by atoms with Crippen molar-refractivity contribution in [3.63, 3.8) is 0 Å². The summed E-state index contributed by atoms with van der Waals surface area (Å²) in [5.74, 6) is -0.644. The topological polar surface area (TPSA) is 81.7 Å². The quantitative estimate of drug-likeness (QED) is 0.848. The Bertz CT molecular complexity index is 652. The van der Waals surface area contributed by atoms with E-state index in [4.69, 9.17) is 4.74 Å². The van der Waals surface area contributed by atoms with Gasteiger partial charge in [-0.05, 0) is 38.1 Å². The lowest BCUT2D eigenvalue weighted by atomic mass is 9.97. The predicted octanol–water partition coefficient (Wildman–Crippen LogP) is 1.69. The molecule has 118 valence electrons. The van der Waals surface area contributed by atoms with E-state index in [0.29, 0.717) is 18.6 Å². The summed E-state index contributed by atoms with van der Waals surface area (Å²) < 4.78 is 38.2. The molecule has 1 aromatic heterocycles. The fraction of sp³-hybridized carbons (Fsp3) is 0.615. The summed E-state index contributed by atoms with van der Waals surface area (Å²) in [5.41, 5.74) is -0.149. The van der Waals surface area contributed by atoms with Crippen LogP contribution in [0.2, 0.25) is 0 Å². The van der Waals surface area contributed by atoms with Crippen LogP contribution in [0.5, 0.6) is 0 Å². The van der Waals surface area contributed by atoms with Gasteiger partial charge in [-0.25, -0.2) is 17.9 Å². The van der Waals surface area contributed by atoms with Gasteiger partial charge in [-0.3, -0.25) is 0 Å². The minimum atomic E-state index is -3.83. The molecule has 0 aromatic carbocycles. The van der Waals surface area contributed by atoms with Crippen molar-refractivity contribution >= 4 is 27.3 Å². The monoisotopic (exact) mass is 333 g/mol. The molecule has 1 aromatic rings. The van der Waals surface area contributed by atoms with Crippen LogP contribution in [0.25, 0.3) is 0 Å². The molecule has 2 atom stereocenters. The maximum Gasteiger partial charge on any atom is 0.349 e. The van der Waals surface area contributed by atoms with Crippen LogP contribution >= 0.6 is 11.3 Å². The number of carbonyl (C=O) groups is 1. The van der Waals surface area contributed by atoms with Gasteiger partial charge in [0.1, 0.15) is 9.77 Å². The van der Waals surface area contributed by atoms with Gasteiger partial charge in [0.05, 0.1) is 18.8 Å². The number of carbonyl (C=O) groups excluding carboxylic acids is 1. The molecule has 2 unspecified atom stereocenters. The third-order valence-corrected chi connectivity index (χ3v) is 6.82. The minimum Gasteiger partial charge on any atom is -0.465 e. The minimum absolute atomic E-state index is 0.000301. The van der Waals surface area contributed by atoms with Crippen LogP contribution in [0, 0.1) is 6.92 Å². The van der Waals surface area contributed by atoms with Crippen LogP contribution in [-0.4, -0.2) is 39.7 Å². The molecule has 0 saturated carbocycles. The van der Waals surface area contributed by atoms with Gasteiger partial charge in [-0.2, -0.15) is 0 Å². The van der Waals surface area contributed by atoms with Crippen LogP contribution in [0.15, 0.2) is 10.3 Å². The number of ether oxygens (including phenoxy) is 2. The van der Waals surface area contributed by atoms with E-state index in [1.165, 1.54) is 7.11 Å². The molecule has 8 heteroatoms. The van der Waals surface area contributed by atoms with Crippen LogP contribution in [-0.2, 0) is 19.5 Å². The number of esters is 1. The van der Waals surface area contributed by atoms with Crippen LogP contribution < -0.4 is 4.72 Å². The lowest BCUT2D eigenvalue weighted by Crippen LogP contribution is -2.50. The first-order valence-electron chi connectivity index (χ1n) is 6.53. The van der Waals surface area contributed by atoms with E-state index in [1.807, 2.05) is 13.8 Å². The Kier molecular flexibility index (Phi) is 4.44. The van der Waals surface area contributed by atoms with E-state index in [1.54, 1.807) is 12.3 Å². The molecular weight excluding hydrogens is 314 g/mol. The maximum absolute atomic E-state index is 12.7. The Labute approximate surface area is 128 Å². The molecular formula is C13H19NO5S2. The van der Waals surface area contributed by atoms with E-state index >= 15 is 0 Å². The lowest BCUT2D eigenvalue weighted by Gasteiger charge is -2.28. The average Bonchev–Trinajstić information content (AvgIpc) is 2.93. The number of nitrogens with one attached hydrogen (secondary N) is 1. The van der Waals surface area contributed by atoms with Crippen molar-refractivity contribution in [1.29, 1.82) is 0 Å². The smallest absolute Gasteiger partial charge is 0.349 e. The van der Waals surface area contributed by atoms with Crippen LogP contribution in [0.3, 0.4) is 0 Å². The van der Waals surface area contributed by atoms with Gasteiger partial charge in [0.25, 0.3) is 0 Å². The second-order valence-corrected chi connectivity index (χ2v) is 7.85. The molecule has 21 heavy (non-hydrogen) atoms. The Balaban J connectivity index is 2.41. The second-order valence-electron chi connectivity index (χ2n) is 5.35. The number of aryl methyl sites for hydroxylation is 1. The Hall–Kier alpha value is -0.960.